The number of rotatable bonds is 0. The highest BCUT2D eigenvalue weighted by Gasteiger charge is 2.40. The standard InChI is InChI=1S/C50H54N4Si4/c1-49(2,3)29-20-33-31-25-38-32(24-37(31)53-39-19-28(26-51)45-46(41(39)35(22-29)43(33)53)56(8)13-11-55(45,7)12-14-56)34-21-30(50(4,5)6)23-36-42-40(54(38)44(34)36)27-52-48-47(42)57(9)15-17-58(48,10)18-16-57/h19-25,27H,11-18H2,1-10H3/q-4. The van der Waals surface area contributed by atoms with Gasteiger partial charge in [0.15, 0.2) is 0 Å². The molecule has 0 spiro atoms. The van der Waals surface area contributed by atoms with Gasteiger partial charge in [-0.25, -0.2) is 5.19 Å². The van der Waals surface area contributed by atoms with E-state index in [0.717, 1.165) is 5.56 Å². The molecule has 15 rings (SSSR count). The zero-order valence-corrected chi connectivity index (χ0v) is 40.1. The summed E-state index contributed by atoms with van der Waals surface area (Å²) in [6, 6.07) is 31.8. The van der Waals surface area contributed by atoms with Gasteiger partial charge in [-0.1, -0.05) is 41.5 Å². The molecule has 5 aromatic heterocycles. The second-order valence-electron chi connectivity index (χ2n) is 23.1. The number of hydrogen-bond acceptors (Lipinski definition) is 2. The molecule has 6 aliphatic heterocycles. The van der Waals surface area contributed by atoms with E-state index in [9.17, 15) is 5.26 Å². The lowest BCUT2D eigenvalue weighted by molar-refractivity contribution is 0.591. The Morgan fingerprint density at radius 3 is 1.43 bits per heavy atom. The summed E-state index contributed by atoms with van der Waals surface area (Å²) in [5, 5.41) is 28.9. The first-order valence-electron chi connectivity index (χ1n) is 22.2. The highest BCUT2D eigenvalue weighted by atomic mass is 28.3. The lowest BCUT2D eigenvalue weighted by Gasteiger charge is -2.65. The SMILES string of the molecule is CC(C)(C)c1cc2c3cc4c(cc3n3c5cnc6c(c5c(c1)c23)[Si-]1(C)CC[Si-]6(C)CC1)c1cc(C(C)(C)C)cc2c3c5c(c(C#N)cc3n4c12)[Si-]1(C)CC[Si-]5(C)CC1. The second-order valence-corrected chi connectivity index (χ2v) is 41.5. The summed E-state index contributed by atoms with van der Waals surface area (Å²) in [6.07, 6.45) is 2.30. The van der Waals surface area contributed by atoms with Gasteiger partial charge in [-0.2, -0.15) is 90.2 Å². The van der Waals surface area contributed by atoms with E-state index in [1.807, 2.05) is 0 Å². The summed E-state index contributed by atoms with van der Waals surface area (Å²) in [5.41, 5.74) is 11.8. The fourth-order valence-corrected chi connectivity index (χ4v) is 43.6. The van der Waals surface area contributed by atoms with Crippen LogP contribution < -0.4 is 20.9 Å². The Labute approximate surface area is 344 Å². The molecule has 0 unspecified atom stereocenters. The first kappa shape index (κ1) is 34.8. The summed E-state index contributed by atoms with van der Waals surface area (Å²) in [7, 11) is -6.73. The molecular formula is C50H54N4Si4-4. The number of benzene rings is 4. The normalized spacial score (nSPS) is 27.2. The van der Waals surface area contributed by atoms with Gasteiger partial charge < -0.3 is 8.80 Å². The smallest absolute Gasteiger partial charge is 0.0961 e. The minimum atomic E-state index is -1.77. The fourth-order valence-electron chi connectivity index (χ4n) is 13.6. The first-order valence-corrected chi connectivity index (χ1v) is 33.9. The van der Waals surface area contributed by atoms with Gasteiger partial charge in [0.25, 0.3) is 0 Å². The molecule has 11 heterocycles. The largest absolute Gasteiger partial charge is 0.308 e. The molecular weight excluding hydrogens is 769 g/mol. The van der Waals surface area contributed by atoms with Crippen molar-refractivity contribution in [2.45, 2.75) is 127 Å². The van der Waals surface area contributed by atoms with Crippen LogP contribution in [0.1, 0.15) is 58.2 Å². The summed E-state index contributed by atoms with van der Waals surface area (Å²) in [6.45, 7) is 24.9. The zero-order valence-electron chi connectivity index (χ0n) is 36.1. The Balaban J connectivity index is 1.25. The lowest BCUT2D eigenvalue weighted by atomic mass is 9.85. The predicted octanol–water partition coefficient (Wildman–Crippen LogP) is 11.0. The molecule has 0 radical (unpaired) electrons. The lowest BCUT2D eigenvalue weighted by Crippen LogP contribution is -2.71. The maximum atomic E-state index is 11.0. The van der Waals surface area contributed by atoms with Crippen molar-refractivity contribution in [2.75, 3.05) is 0 Å². The van der Waals surface area contributed by atoms with Gasteiger partial charge in [-0.15, -0.1) is 37.6 Å². The third-order valence-corrected chi connectivity index (χ3v) is 37.4. The van der Waals surface area contributed by atoms with Crippen molar-refractivity contribution in [3.05, 3.63) is 65.4 Å². The van der Waals surface area contributed by atoms with Crippen molar-refractivity contribution in [2.24, 2.45) is 0 Å². The van der Waals surface area contributed by atoms with E-state index in [1.165, 1.54) is 130 Å². The van der Waals surface area contributed by atoms with Gasteiger partial charge >= 0.3 is 0 Å². The molecule has 0 amide bonds. The number of nitriles is 1. The van der Waals surface area contributed by atoms with Crippen LogP contribution in [0.15, 0.2) is 48.7 Å². The summed E-state index contributed by atoms with van der Waals surface area (Å²) in [4.78, 5) is 5.55. The van der Waals surface area contributed by atoms with Gasteiger partial charge in [0.2, 0.25) is 0 Å². The molecule has 9 aromatic rings. The van der Waals surface area contributed by atoms with E-state index in [1.54, 1.807) is 26.3 Å². The maximum absolute atomic E-state index is 11.0. The van der Waals surface area contributed by atoms with Gasteiger partial charge in [0.05, 0.1) is 39.2 Å². The highest BCUT2D eigenvalue weighted by molar-refractivity contribution is 7.10. The van der Waals surface area contributed by atoms with Crippen LogP contribution >= 0.6 is 0 Å². The minimum Gasteiger partial charge on any atom is -0.308 e. The molecule has 0 atom stereocenters. The molecule has 58 heavy (non-hydrogen) atoms. The van der Waals surface area contributed by atoms with Crippen LogP contribution in [0.2, 0.25) is 74.5 Å². The van der Waals surface area contributed by atoms with Crippen LogP contribution in [0.4, 0.5) is 0 Å². The topological polar surface area (TPSA) is 45.5 Å². The van der Waals surface area contributed by atoms with Crippen molar-refractivity contribution < 1.29 is 0 Å². The monoisotopic (exact) mass is 822 g/mol. The average Bonchev–Trinajstić information content (AvgIpc) is 3.90. The Morgan fingerprint density at radius 1 is 0.500 bits per heavy atom. The second kappa shape index (κ2) is 10.1. The van der Waals surface area contributed by atoms with E-state index in [0.29, 0.717) is 0 Å². The molecule has 4 aromatic carbocycles. The number of pyridine rings is 1. The predicted molar refractivity (Wildman–Crippen MR) is 259 cm³/mol. The van der Waals surface area contributed by atoms with Gasteiger partial charge in [0, 0.05) is 44.1 Å². The van der Waals surface area contributed by atoms with E-state index in [-0.39, 0.29) is 10.8 Å². The number of nitrogens with zero attached hydrogens (tertiary/aromatic N) is 4. The molecule has 0 N–H and O–H groups in total. The van der Waals surface area contributed by atoms with E-state index >= 15 is 0 Å². The zero-order chi connectivity index (χ0) is 40.0. The van der Waals surface area contributed by atoms with Crippen LogP contribution in [-0.2, 0) is 10.8 Å². The Kier molecular flexibility index (Phi) is 6.07. The van der Waals surface area contributed by atoms with E-state index < -0.39 is 32.3 Å². The van der Waals surface area contributed by atoms with Gasteiger partial charge in [-0.3, -0.25) is 4.98 Å². The quantitative estimate of drug-likeness (QED) is 0.143. The van der Waals surface area contributed by atoms with Crippen molar-refractivity contribution in [1.82, 2.24) is 13.8 Å². The molecule has 2 fully saturated rings. The maximum Gasteiger partial charge on any atom is 0.0961 e. The van der Waals surface area contributed by atoms with Crippen LogP contribution in [-0.4, -0.2) is 46.1 Å². The third kappa shape index (κ3) is 3.87. The summed E-state index contributed by atoms with van der Waals surface area (Å²) < 4.78 is 5.27. The number of hydrogen-bond donors (Lipinski definition) is 0. The first-order chi connectivity index (χ1) is 27.4. The van der Waals surface area contributed by atoms with Crippen LogP contribution in [0.25, 0.3) is 76.2 Å². The van der Waals surface area contributed by atoms with Crippen LogP contribution in [0.5, 0.6) is 0 Å². The molecule has 6 aliphatic rings. The van der Waals surface area contributed by atoms with Crippen LogP contribution in [0.3, 0.4) is 0 Å². The molecule has 4 bridgehead atoms. The van der Waals surface area contributed by atoms with Gasteiger partial charge in [0.1, 0.15) is 0 Å². The third-order valence-electron chi connectivity index (χ3n) is 17.4. The number of fused-ring (bicyclic) bond motifs is 16. The Hall–Kier alpha value is -4.01. The Morgan fingerprint density at radius 2 is 0.931 bits per heavy atom. The van der Waals surface area contributed by atoms with Crippen molar-refractivity contribution in [3.8, 4) is 6.07 Å². The molecule has 0 aliphatic carbocycles. The molecule has 2 saturated heterocycles. The molecule has 8 heteroatoms. The summed E-state index contributed by atoms with van der Waals surface area (Å²) in [5.74, 6) is 0. The molecule has 4 nitrogen and oxygen atoms in total. The minimum absolute atomic E-state index is 0.00119. The van der Waals surface area contributed by atoms with Crippen molar-refractivity contribution >= 4 is 129 Å². The van der Waals surface area contributed by atoms with Crippen molar-refractivity contribution in [1.29, 1.82) is 5.26 Å². The van der Waals surface area contributed by atoms with Gasteiger partial charge in [-0.05, 0) is 75.2 Å². The van der Waals surface area contributed by atoms with Crippen molar-refractivity contribution in [3.63, 3.8) is 0 Å². The highest BCUT2D eigenvalue weighted by Crippen LogP contribution is 2.50. The van der Waals surface area contributed by atoms with E-state index in [2.05, 4.69) is 131 Å². The molecule has 294 valence electrons. The number of aromatic nitrogens is 3. The molecule has 0 saturated carbocycles. The fraction of sp³-hybridized carbons (Fsp3) is 0.400. The average molecular weight is 823 g/mol. The van der Waals surface area contributed by atoms with Crippen LogP contribution in [0, 0.1) is 11.3 Å². The van der Waals surface area contributed by atoms with E-state index in [4.69, 9.17) is 4.98 Å². The summed E-state index contributed by atoms with van der Waals surface area (Å²) >= 11 is 0. The Bertz CT molecular complexity index is 3440.